The van der Waals surface area contributed by atoms with Crippen molar-refractivity contribution in [2.75, 3.05) is 0 Å². The van der Waals surface area contributed by atoms with Gasteiger partial charge >= 0.3 is 11.9 Å². The van der Waals surface area contributed by atoms with Gasteiger partial charge in [-0.05, 0) is 34.9 Å². The van der Waals surface area contributed by atoms with Crippen LogP contribution in [0.3, 0.4) is 0 Å². The van der Waals surface area contributed by atoms with Crippen LogP contribution in [0, 0.1) is 0 Å². The summed E-state index contributed by atoms with van der Waals surface area (Å²) in [6, 6.07) is 22.4. The first-order valence-electron chi connectivity index (χ1n) is 8.69. The van der Waals surface area contributed by atoms with Gasteiger partial charge in [0.1, 0.15) is 0 Å². The molecule has 3 aromatic carbocycles. The molecule has 0 aliphatic heterocycles. The molecule has 5 nitrogen and oxygen atoms in total. The second-order valence-corrected chi connectivity index (χ2v) is 6.76. The Balaban J connectivity index is 1.90. The number of aromatic hydroxyl groups is 2. The summed E-state index contributed by atoms with van der Waals surface area (Å²) >= 11 is 5.90. The molecule has 0 radical (unpaired) electrons. The van der Waals surface area contributed by atoms with Crippen LogP contribution in [0.25, 0.3) is 16.6 Å². The van der Waals surface area contributed by atoms with Crippen molar-refractivity contribution in [1.29, 1.82) is 0 Å². The topological polar surface area (TPSA) is 65.3 Å². The normalized spacial score (nSPS) is 10.9. The maximum Gasteiger partial charge on any atom is 0.638 e. The molecular formula is C22H17ClN2O3+2. The van der Waals surface area contributed by atoms with E-state index in [0.29, 0.717) is 27.2 Å². The monoisotopic (exact) mass is 392 g/mol. The Morgan fingerprint density at radius 2 is 1.50 bits per heavy atom. The van der Waals surface area contributed by atoms with E-state index in [2.05, 4.69) is 0 Å². The largest absolute Gasteiger partial charge is 0.638 e. The smallest absolute Gasteiger partial charge is 0.459 e. The van der Waals surface area contributed by atoms with Crippen LogP contribution in [0.1, 0.15) is 10.4 Å². The van der Waals surface area contributed by atoms with Crippen LogP contribution in [-0.4, -0.2) is 16.0 Å². The summed E-state index contributed by atoms with van der Waals surface area (Å²) in [4.78, 5) is 12.8. The van der Waals surface area contributed by atoms with Gasteiger partial charge in [0.25, 0.3) is 0 Å². The number of carbonyl (C=O) groups is 1. The summed E-state index contributed by atoms with van der Waals surface area (Å²) in [5.41, 5.74) is 1.61. The van der Waals surface area contributed by atoms with Gasteiger partial charge in [0, 0.05) is 28.8 Å². The minimum Gasteiger partial charge on any atom is -0.459 e. The zero-order valence-corrected chi connectivity index (χ0v) is 15.5. The maximum atomic E-state index is 12.8. The first kappa shape index (κ1) is 17.9. The molecule has 138 valence electrons. The van der Waals surface area contributed by atoms with Crippen LogP contribution in [0.5, 0.6) is 11.9 Å². The SMILES string of the molecule is O=C(C[n+]1c(O)[n+](-c2ccccc2)c(O)c2ccccc21)c1ccc(Cl)cc1. The van der Waals surface area contributed by atoms with E-state index in [1.165, 1.54) is 9.13 Å². The number of benzene rings is 3. The van der Waals surface area contributed by atoms with Crippen molar-refractivity contribution in [3.8, 4) is 17.6 Å². The number of hydrogen-bond acceptors (Lipinski definition) is 3. The summed E-state index contributed by atoms with van der Waals surface area (Å²) in [5.74, 6) is -0.290. The molecule has 0 fully saturated rings. The Bertz CT molecular complexity index is 1180. The van der Waals surface area contributed by atoms with E-state index in [0.717, 1.165) is 0 Å². The average Bonchev–Trinajstić information content (AvgIpc) is 2.72. The lowest BCUT2D eigenvalue weighted by Crippen LogP contribution is -2.48. The number of hydrogen-bond donors (Lipinski definition) is 2. The van der Waals surface area contributed by atoms with E-state index in [9.17, 15) is 15.0 Å². The van der Waals surface area contributed by atoms with Crippen LogP contribution in [0.4, 0.5) is 0 Å². The number of para-hydroxylation sites is 2. The van der Waals surface area contributed by atoms with Crippen molar-refractivity contribution < 1.29 is 24.1 Å². The maximum absolute atomic E-state index is 12.8. The highest BCUT2D eigenvalue weighted by atomic mass is 35.5. The third-order valence-electron chi connectivity index (χ3n) is 4.57. The fourth-order valence-electron chi connectivity index (χ4n) is 3.18. The van der Waals surface area contributed by atoms with Crippen LogP contribution < -0.4 is 9.13 Å². The van der Waals surface area contributed by atoms with Gasteiger partial charge in [-0.15, -0.1) is 0 Å². The summed E-state index contributed by atoms with van der Waals surface area (Å²) in [7, 11) is 0. The molecule has 0 atom stereocenters. The molecule has 2 N–H and O–H groups in total. The van der Waals surface area contributed by atoms with Gasteiger partial charge in [0.2, 0.25) is 23.5 Å². The van der Waals surface area contributed by atoms with Gasteiger partial charge in [-0.1, -0.05) is 46.5 Å². The van der Waals surface area contributed by atoms with E-state index in [-0.39, 0.29) is 24.2 Å². The average molecular weight is 393 g/mol. The van der Waals surface area contributed by atoms with Crippen LogP contribution in [0.15, 0.2) is 78.9 Å². The zero-order valence-electron chi connectivity index (χ0n) is 14.8. The highest BCUT2D eigenvalue weighted by Crippen LogP contribution is 2.22. The lowest BCUT2D eigenvalue weighted by Gasteiger charge is -2.05. The van der Waals surface area contributed by atoms with Crippen molar-refractivity contribution >= 4 is 28.3 Å². The van der Waals surface area contributed by atoms with Crippen molar-refractivity contribution in [3.05, 3.63) is 89.4 Å². The Hall–Kier alpha value is -3.44. The molecule has 0 amide bonds. The third kappa shape index (κ3) is 3.17. The van der Waals surface area contributed by atoms with Crippen molar-refractivity contribution in [2.45, 2.75) is 6.54 Å². The van der Waals surface area contributed by atoms with Crippen LogP contribution >= 0.6 is 11.6 Å². The van der Waals surface area contributed by atoms with E-state index in [1.54, 1.807) is 72.8 Å². The van der Waals surface area contributed by atoms with Crippen molar-refractivity contribution in [2.24, 2.45) is 0 Å². The zero-order chi connectivity index (χ0) is 19.7. The van der Waals surface area contributed by atoms with Crippen LogP contribution in [-0.2, 0) is 6.54 Å². The van der Waals surface area contributed by atoms with E-state index >= 15 is 0 Å². The summed E-state index contributed by atoms with van der Waals surface area (Å²) < 4.78 is 2.80. The predicted octanol–water partition coefficient (Wildman–Crippen LogP) is 3.35. The lowest BCUT2D eigenvalue weighted by molar-refractivity contribution is -0.774. The molecule has 1 heterocycles. The number of aromatic nitrogens is 2. The van der Waals surface area contributed by atoms with E-state index in [1.807, 2.05) is 6.07 Å². The fourth-order valence-corrected chi connectivity index (χ4v) is 3.31. The Morgan fingerprint density at radius 1 is 0.857 bits per heavy atom. The van der Waals surface area contributed by atoms with E-state index < -0.39 is 0 Å². The summed E-state index contributed by atoms with van der Waals surface area (Å²) in [5, 5.41) is 22.8. The number of fused-ring (bicyclic) bond motifs is 1. The molecule has 1 aromatic heterocycles. The number of halogens is 1. The number of rotatable bonds is 4. The minimum atomic E-state index is -0.246. The molecule has 6 heteroatoms. The Labute approximate surface area is 166 Å². The van der Waals surface area contributed by atoms with Gasteiger partial charge in [-0.25, -0.2) is 0 Å². The van der Waals surface area contributed by atoms with Gasteiger partial charge in [-0.3, -0.25) is 4.79 Å². The third-order valence-corrected chi connectivity index (χ3v) is 4.82. The lowest BCUT2D eigenvalue weighted by atomic mass is 10.1. The molecule has 0 saturated carbocycles. The second-order valence-electron chi connectivity index (χ2n) is 6.33. The van der Waals surface area contributed by atoms with Gasteiger partial charge in [-0.2, -0.15) is 0 Å². The molecule has 0 aliphatic rings. The van der Waals surface area contributed by atoms with Crippen LogP contribution in [0.2, 0.25) is 5.02 Å². The predicted molar refractivity (Wildman–Crippen MR) is 105 cm³/mol. The molecule has 28 heavy (non-hydrogen) atoms. The second kappa shape index (κ2) is 7.29. The standard InChI is InChI=1S/C22H15ClN2O3/c23-16-12-10-15(11-13-16)20(26)14-24-19-9-5-4-8-18(19)21(27)25(22(24)28)17-6-2-1-3-7-17/h1-13H,14H2/p+2. The minimum absolute atomic E-state index is 0.0961. The van der Waals surface area contributed by atoms with Crippen molar-refractivity contribution in [3.63, 3.8) is 0 Å². The van der Waals surface area contributed by atoms with Gasteiger partial charge in [0.15, 0.2) is 5.39 Å². The number of carbonyl (C=O) groups excluding carboxylic acids is 1. The summed E-state index contributed by atoms with van der Waals surface area (Å²) in [6.45, 7) is -0.0961. The number of Topliss-reactive ketones (excluding diaryl/α,β-unsaturated/α-hetero) is 1. The molecule has 0 aliphatic carbocycles. The molecule has 4 aromatic rings. The number of nitrogens with zero attached hydrogens (tertiary/aromatic N) is 2. The fraction of sp³-hybridized carbons (Fsp3) is 0.0455. The quantitative estimate of drug-likeness (QED) is 0.413. The molecule has 4 rings (SSSR count). The highest BCUT2D eigenvalue weighted by molar-refractivity contribution is 6.30. The van der Waals surface area contributed by atoms with Gasteiger partial charge in [0.05, 0.1) is 0 Å². The van der Waals surface area contributed by atoms with Gasteiger partial charge < -0.3 is 10.2 Å². The summed E-state index contributed by atoms with van der Waals surface area (Å²) in [6.07, 6.45) is 0. The molecule has 0 saturated heterocycles. The highest BCUT2D eigenvalue weighted by Gasteiger charge is 2.36. The first-order chi connectivity index (χ1) is 13.6. The van der Waals surface area contributed by atoms with Crippen molar-refractivity contribution in [1.82, 2.24) is 0 Å². The molecule has 0 bridgehead atoms. The number of ketones is 1. The Morgan fingerprint density at radius 3 is 2.21 bits per heavy atom. The molecule has 0 unspecified atom stereocenters. The first-order valence-corrected chi connectivity index (χ1v) is 9.07. The Kier molecular flexibility index (Phi) is 4.67. The van der Waals surface area contributed by atoms with E-state index in [4.69, 9.17) is 11.6 Å². The molecule has 0 spiro atoms. The molecular weight excluding hydrogens is 376 g/mol.